The molecule has 6 heteroatoms. The van der Waals surface area contributed by atoms with E-state index in [1.54, 1.807) is 0 Å². The van der Waals surface area contributed by atoms with Crippen LogP contribution in [-0.4, -0.2) is 50.6 Å². The van der Waals surface area contributed by atoms with Gasteiger partial charge in [0, 0.05) is 21.7 Å². The minimum Gasteiger partial charge on any atom is -0.394 e. The van der Waals surface area contributed by atoms with Gasteiger partial charge in [0.05, 0.1) is 6.61 Å². The number of aliphatic hydroxyl groups is 5. The molecule has 0 radical (unpaired) electrons. The van der Waals surface area contributed by atoms with Gasteiger partial charge in [0.25, 0.3) is 0 Å². The molecule has 0 fully saturated rings. The van der Waals surface area contributed by atoms with Crippen LogP contribution in [0.4, 0.5) is 0 Å². The molecule has 60 valence electrons. The van der Waals surface area contributed by atoms with E-state index in [0.717, 1.165) is 0 Å². The van der Waals surface area contributed by atoms with Crippen LogP contribution in [0.15, 0.2) is 0 Å². The van der Waals surface area contributed by atoms with E-state index in [9.17, 15) is 0 Å². The molecule has 0 bridgehead atoms. The fourth-order valence-corrected chi connectivity index (χ4v) is 0.307. The number of hydrogen-bond donors (Lipinski definition) is 5. The molecule has 0 heterocycles. The normalized spacial score (nSPS) is 16.2. The van der Waals surface area contributed by atoms with Crippen molar-refractivity contribution in [1.29, 1.82) is 0 Å². The van der Waals surface area contributed by atoms with Gasteiger partial charge in [0.1, 0.15) is 12.2 Å². The third-order valence-electron chi connectivity index (χ3n) is 0.887. The second-order valence-electron chi connectivity index (χ2n) is 1.65. The second-order valence-corrected chi connectivity index (χ2v) is 1.65. The van der Waals surface area contributed by atoms with Crippen LogP contribution in [0.5, 0.6) is 0 Å². The average molecular weight is 186 g/mol. The van der Waals surface area contributed by atoms with Gasteiger partial charge in [-0.3, -0.25) is 0 Å². The average Bonchev–Trinajstić information content (AvgIpc) is 1.84. The molecule has 0 amide bonds. The Morgan fingerprint density at radius 3 is 1.50 bits per heavy atom. The molecule has 0 aromatic heterocycles. The first-order valence-corrected chi connectivity index (χ1v) is 2.42. The Balaban J connectivity index is 0. The molecule has 2 unspecified atom stereocenters. The van der Waals surface area contributed by atoms with E-state index in [1.165, 1.54) is 0 Å². The Kier molecular flexibility index (Phi) is 8.19. The Morgan fingerprint density at radius 2 is 1.40 bits per heavy atom. The van der Waals surface area contributed by atoms with Crippen LogP contribution in [0.2, 0.25) is 0 Å². The first-order valence-electron chi connectivity index (χ1n) is 2.42. The molecule has 0 saturated carbocycles. The summed E-state index contributed by atoms with van der Waals surface area (Å²) in [5.41, 5.74) is 0. The van der Waals surface area contributed by atoms with Crippen molar-refractivity contribution in [2.75, 3.05) is 6.61 Å². The van der Waals surface area contributed by atoms with E-state index in [1.807, 2.05) is 0 Å². The summed E-state index contributed by atoms with van der Waals surface area (Å²) < 4.78 is 0. The molecule has 0 aromatic carbocycles. The summed E-state index contributed by atoms with van der Waals surface area (Å²) >= 11 is 0. The van der Waals surface area contributed by atoms with E-state index in [2.05, 4.69) is 0 Å². The van der Waals surface area contributed by atoms with Gasteiger partial charge in [-0.1, -0.05) is 0 Å². The minimum atomic E-state index is -2.01. The van der Waals surface area contributed by atoms with Crippen molar-refractivity contribution in [2.24, 2.45) is 0 Å². The second kappa shape index (κ2) is 6.24. The predicted molar refractivity (Wildman–Crippen MR) is 27.3 cm³/mol. The molecule has 0 spiro atoms. The van der Waals surface area contributed by atoms with E-state index >= 15 is 0 Å². The van der Waals surface area contributed by atoms with Crippen LogP contribution in [-0.2, 0) is 21.7 Å². The van der Waals surface area contributed by atoms with Crippen LogP contribution in [0.25, 0.3) is 0 Å². The van der Waals surface area contributed by atoms with Crippen molar-refractivity contribution >= 4 is 0 Å². The van der Waals surface area contributed by atoms with Crippen molar-refractivity contribution in [3.05, 3.63) is 0 Å². The fraction of sp³-hybridized carbons (Fsp3) is 1.00. The summed E-state index contributed by atoms with van der Waals surface area (Å²) in [4.78, 5) is 0. The Hall–Kier alpha value is 0.514. The molecular formula is C4H10O5Ti. The molecule has 0 aliphatic heterocycles. The maximum Gasteiger partial charge on any atom is 0.180 e. The van der Waals surface area contributed by atoms with Crippen molar-refractivity contribution in [3.8, 4) is 0 Å². The standard InChI is InChI=1S/C4H10O5.Ti/c5-1-2(6)3(7)4(8)9;/h2-9H,1H2;. The van der Waals surface area contributed by atoms with Crippen LogP contribution in [0.1, 0.15) is 0 Å². The Morgan fingerprint density at radius 1 is 1.00 bits per heavy atom. The zero-order valence-electron chi connectivity index (χ0n) is 5.18. The van der Waals surface area contributed by atoms with E-state index in [0.29, 0.717) is 0 Å². The zero-order valence-corrected chi connectivity index (χ0v) is 6.74. The molecule has 10 heavy (non-hydrogen) atoms. The molecule has 0 aromatic rings. The maximum absolute atomic E-state index is 8.48. The molecule has 0 rings (SSSR count). The zero-order chi connectivity index (χ0) is 7.44. The summed E-state index contributed by atoms with van der Waals surface area (Å²) in [6.45, 7) is -0.696. The number of aliphatic hydroxyl groups excluding tert-OH is 4. The summed E-state index contributed by atoms with van der Waals surface area (Å²) in [5, 5.41) is 41.4. The van der Waals surface area contributed by atoms with Crippen molar-refractivity contribution in [1.82, 2.24) is 0 Å². The largest absolute Gasteiger partial charge is 0.394 e. The number of rotatable bonds is 3. The van der Waals surface area contributed by atoms with Gasteiger partial charge in [-0.2, -0.15) is 0 Å². The summed E-state index contributed by atoms with van der Waals surface area (Å²) in [6, 6.07) is 0. The SMILES string of the molecule is OCC(O)C(O)C(O)O.[Ti]. The fourth-order valence-electron chi connectivity index (χ4n) is 0.307. The van der Waals surface area contributed by atoms with Crippen molar-refractivity contribution in [2.45, 2.75) is 18.5 Å². The molecule has 0 aliphatic carbocycles. The smallest absolute Gasteiger partial charge is 0.180 e. The van der Waals surface area contributed by atoms with Crippen molar-refractivity contribution in [3.63, 3.8) is 0 Å². The summed E-state index contributed by atoms with van der Waals surface area (Å²) in [6.07, 6.45) is -5.20. The Bertz CT molecular complexity index is 78.0. The van der Waals surface area contributed by atoms with E-state index < -0.39 is 25.1 Å². The van der Waals surface area contributed by atoms with Crippen molar-refractivity contribution < 1.29 is 47.3 Å². The van der Waals surface area contributed by atoms with Gasteiger partial charge in [-0.05, 0) is 0 Å². The van der Waals surface area contributed by atoms with Crippen LogP contribution >= 0.6 is 0 Å². The Labute approximate surface area is 72.8 Å². The summed E-state index contributed by atoms with van der Waals surface area (Å²) in [5.74, 6) is 0. The monoisotopic (exact) mass is 186 g/mol. The predicted octanol–water partition coefficient (Wildman–Crippen LogP) is -2.99. The number of hydrogen-bond acceptors (Lipinski definition) is 5. The first-order chi connectivity index (χ1) is 4.09. The van der Waals surface area contributed by atoms with Gasteiger partial charge < -0.3 is 25.5 Å². The van der Waals surface area contributed by atoms with Gasteiger partial charge in [-0.25, -0.2) is 0 Å². The molecule has 5 N–H and O–H groups in total. The van der Waals surface area contributed by atoms with Gasteiger partial charge in [-0.15, -0.1) is 0 Å². The van der Waals surface area contributed by atoms with Crippen LogP contribution < -0.4 is 0 Å². The molecule has 0 saturated heterocycles. The quantitative estimate of drug-likeness (QED) is 0.239. The van der Waals surface area contributed by atoms with Gasteiger partial charge >= 0.3 is 0 Å². The molecular weight excluding hydrogens is 176 g/mol. The molecule has 5 nitrogen and oxygen atoms in total. The topological polar surface area (TPSA) is 101 Å². The van der Waals surface area contributed by atoms with E-state index in [-0.39, 0.29) is 21.7 Å². The van der Waals surface area contributed by atoms with Gasteiger partial charge in [0.15, 0.2) is 6.29 Å². The third-order valence-corrected chi connectivity index (χ3v) is 0.887. The van der Waals surface area contributed by atoms with Gasteiger partial charge in [0.2, 0.25) is 0 Å². The van der Waals surface area contributed by atoms with Crippen LogP contribution in [0, 0.1) is 0 Å². The maximum atomic E-state index is 8.48. The molecule has 0 aliphatic rings. The van der Waals surface area contributed by atoms with Crippen LogP contribution in [0.3, 0.4) is 0 Å². The third kappa shape index (κ3) is 4.35. The molecule has 2 atom stereocenters. The minimum absolute atomic E-state index is 0. The summed E-state index contributed by atoms with van der Waals surface area (Å²) in [7, 11) is 0. The first kappa shape index (κ1) is 13.1. The van der Waals surface area contributed by atoms with E-state index in [4.69, 9.17) is 25.5 Å².